The van der Waals surface area contributed by atoms with E-state index in [1.165, 1.54) is 13.8 Å². The maximum Gasteiger partial charge on any atom is 0.0629 e. The van der Waals surface area contributed by atoms with Crippen LogP contribution in [-0.4, -0.2) is 0 Å². The number of hydrogen-bond acceptors (Lipinski definition) is 0. The summed E-state index contributed by atoms with van der Waals surface area (Å²) < 4.78 is 75.1. The van der Waals surface area contributed by atoms with Gasteiger partial charge in [0.25, 0.3) is 0 Å². The Bertz CT molecular complexity index is 1070. The number of hydrogen-bond donors (Lipinski definition) is 0. The van der Waals surface area contributed by atoms with E-state index in [2.05, 4.69) is 0 Å². The molecule has 1 aliphatic carbocycles. The maximum absolute atomic E-state index is 8.87. The molecule has 2 aromatic rings. The minimum absolute atomic E-state index is 0.0146. The summed E-state index contributed by atoms with van der Waals surface area (Å²) in [5, 5.41) is 0. The van der Waals surface area contributed by atoms with Crippen LogP contribution in [0.3, 0.4) is 0 Å². The molecule has 0 heterocycles. The van der Waals surface area contributed by atoms with Gasteiger partial charge in [-0.05, 0) is 22.6 Å². The fraction of sp³-hybridized carbons (Fsp3) is 0.200. The zero-order chi connectivity index (χ0) is 21.9. The molecule has 0 aliphatic heterocycles. The predicted molar refractivity (Wildman–Crippen MR) is 86.7 cm³/mol. The third-order valence-corrected chi connectivity index (χ3v) is 3.62. The summed E-state index contributed by atoms with van der Waals surface area (Å²) in [6.07, 6.45) is 0. The minimum Gasteiger partial charge on any atom is -0.0805 e. The van der Waals surface area contributed by atoms with E-state index >= 15 is 0 Å². The molecular weight excluding hydrogens is 240 g/mol. The van der Waals surface area contributed by atoms with Crippen molar-refractivity contribution in [3.05, 3.63) is 84.3 Å². The van der Waals surface area contributed by atoms with Crippen LogP contribution in [-0.2, 0) is 5.41 Å². The third kappa shape index (κ3) is 2.12. The van der Waals surface area contributed by atoms with E-state index in [4.69, 9.17) is 12.3 Å². The predicted octanol–water partition coefficient (Wildman–Crippen LogP) is 5.37. The highest BCUT2D eigenvalue weighted by molar-refractivity contribution is 5.69. The normalized spacial score (nSPS) is 36.8. The molecule has 1 aliphatic rings. The van der Waals surface area contributed by atoms with Crippen molar-refractivity contribution < 1.29 is 12.3 Å². The molecule has 0 nitrogen and oxygen atoms in total. The highest BCUT2D eigenvalue weighted by Crippen LogP contribution is 2.41. The molecule has 2 unspecified atom stereocenters. The lowest BCUT2D eigenvalue weighted by Crippen LogP contribution is -2.28. The van der Waals surface area contributed by atoms with Crippen LogP contribution in [0.5, 0.6) is 0 Å². The molecule has 0 fully saturated rings. The Hall–Kier alpha value is -2.08. The summed E-state index contributed by atoms with van der Waals surface area (Å²) in [6, 6.07) is 4.96. The summed E-state index contributed by atoms with van der Waals surface area (Å²) in [5.74, 6) is -1.90. The molecule has 0 bridgehead atoms. The van der Waals surface area contributed by atoms with E-state index in [0.717, 1.165) is 0 Å². The van der Waals surface area contributed by atoms with E-state index in [-0.39, 0.29) is 17.2 Å². The molecule has 0 aromatic heterocycles. The van der Waals surface area contributed by atoms with Gasteiger partial charge in [0.2, 0.25) is 0 Å². The van der Waals surface area contributed by atoms with Gasteiger partial charge in [0, 0.05) is 6.79 Å². The SMILES string of the molecule is [2H]C1=C([2H])C([2H])(C)C(C)(c2c([2H])c([2H])c([2H])c([2H])c2-c2ccccc2)C([2H])=C1[2H]. The molecule has 100 valence electrons. The number of allylic oxidation sites excluding steroid dienone is 4. The highest BCUT2D eigenvalue weighted by atomic mass is 14.3. The lowest BCUT2D eigenvalue weighted by Gasteiger charge is -2.35. The molecule has 0 spiro atoms. The first kappa shape index (κ1) is 6.13. The van der Waals surface area contributed by atoms with Gasteiger partial charge < -0.3 is 0 Å². The fourth-order valence-corrected chi connectivity index (χ4v) is 2.26. The summed E-state index contributed by atoms with van der Waals surface area (Å²) in [4.78, 5) is 0. The van der Waals surface area contributed by atoms with Crippen LogP contribution in [0.15, 0.2) is 78.7 Å². The second-order valence-electron chi connectivity index (χ2n) is 4.87. The number of rotatable bonds is 2. The van der Waals surface area contributed by atoms with Crippen molar-refractivity contribution in [2.24, 2.45) is 5.89 Å². The molecule has 0 heteroatoms. The lowest BCUT2D eigenvalue weighted by molar-refractivity contribution is 0.459. The third-order valence-electron chi connectivity index (χ3n) is 3.62. The molecule has 3 rings (SSSR count). The highest BCUT2D eigenvalue weighted by Gasteiger charge is 2.32. The van der Waals surface area contributed by atoms with Crippen molar-refractivity contribution in [2.75, 3.05) is 0 Å². The second-order valence-corrected chi connectivity index (χ2v) is 4.87. The molecule has 0 saturated heterocycles. The van der Waals surface area contributed by atoms with Gasteiger partial charge in [-0.15, -0.1) is 0 Å². The van der Waals surface area contributed by atoms with Crippen LogP contribution in [0, 0.1) is 5.89 Å². The maximum atomic E-state index is 8.87. The van der Waals surface area contributed by atoms with Crippen molar-refractivity contribution in [2.45, 2.75) is 19.3 Å². The summed E-state index contributed by atoms with van der Waals surface area (Å²) in [7, 11) is 0. The van der Waals surface area contributed by atoms with Gasteiger partial charge in [-0.1, -0.05) is 92.6 Å². The molecule has 0 radical (unpaired) electrons. The zero-order valence-electron chi connectivity index (χ0n) is 20.4. The first-order valence-corrected chi connectivity index (χ1v) is 6.41. The van der Waals surface area contributed by atoms with Gasteiger partial charge in [-0.2, -0.15) is 0 Å². The van der Waals surface area contributed by atoms with Crippen LogP contribution in [0.4, 0.5) is 0 Å². The largest absolute Gasteiger partial charge is 0.0805 e. The summed E-state index contributed by atoms with van der Waals surface area (Å²) >= 11 is 0. The van der Waals surface area contributed by atoms with E-state index in [0.29, 0.717) is 5.56 Å². The summed E-state index contributed by atoms with van der Waals surface area (Å²) in [6.45, 7) is 2.79. The van der Waals surface area contributed by atoms with E-state index in [1.54, 1.807) is 30.3 Å². The Kier molecular flexibility index (Phi) is 1.57. The Morgan fingerprint density at radius 2 is 1.85 bits per heavy atom. The monoisotopic (exact) mass is 269 g/mol. The van der Waals surface area contributed by atoms with Crippen LogP contribution in [0.1, 0.15) is 31.7 Å². The van der Waals surface area contributed by atoms with Crippen molar-refractivity contribution >= 4 is 0 Å². The standard InChI is InChI=1S/C20H20/c1-16-10-8-9-15-20(16,2)19-14-7-6-13-18(19)17-11-4-3-5-12-17/h3-16H,1-2H3/i6D,7D,8D,9D,10D,13D,14D,15D,16D. The molecule has 2 atom stereocenters. The Morgan fingerprint density at radius 1 is 1.10 bits per heavy atom. The molecule has 0 saturated carbocycles. The Morgan fingerprint density at radius 3 is 2.65 bits per heavy atom. The molecule has 2 aromatic carbocycles. The van der Waals surface area contributed by atoms with Crippen molar-refractivity contribution in [1.82, 2.24) is 0 Å². The average Bonchev–Trinajstić information content (AvgIpc) is 2.71. The molecule has 0 N–H and O–H groups in total. The van der Waals surface area contributed by atoms with Gasteiger partial charge in [0.1, 0.15) is 0 Å². The lowest BCUT2D eigenvalue weighted by atomic mass is 9.68. The van der Waals surface area contributed by atoms with Gasteiger partial charge in [-0.3, -0.25) is 0 Å². The van der Waals surface area contributed by atoms with E-state index < -0.39 is 53.6 Å². The Balaban J connectivity index is 2.55. The molecule has 0 amide bonds. The van der Waals surface area contributed by atoms with Crippen LogP contribution in [0.25, 0.3) is 11.1 Å². The van der Waals surface area contributed by atoms with Gasteiger partial charge in [0.15, 0.2) is 0 Å². The van der Waals surface area contributed by atoms with Crippen molar-refractivity contribution in [3.8, 4) is 11.1 Å². The quantitative estimate of drug-likeness (QED) is 0.687. The van der Waals surface area contributed by atoms with Crippen molar-refractivity contribution in [3.63, 3.8) is 0 Å². The summed E-state index contributed by atoms with van der Waals surface area (Å²) in [5.41, 5.74) is -1.14. The van der Waals surface area contributed by atoms with E-state index in [9.17, 15) is 0 Å². The Labute approximate surface area is 134 Å². The first-order chi connectivity index (χ1) is 13.4. The van der Waals surface area contributed by atoms with Gasteiger partial charge >= 0.3 is 0 Å². The van der Waals surface area contributed by atoms with Gasteiger partial charge in [-0.25, -0.2) is 0 Å². The second kappa shape index (κ2) is 5.13. The smallest absolute Gasteiger partial charge is 0.0629 e. The van der Waals surface area contributed by atoms with Gasteiger partial charge in [0.05, 0.1) is 11.0 Å². The van der Waals surface area contributed by atoms with Crippen LogP contribution in [0.2, 0.25) is 0 Å². The number of benzene rings is 2. The molecule has 20 heavy (non-hydrogen) atoms. The van der Waals surface area contributed by atoms with Crippen LogP contribution >= 0.6 is 0 Å². The minimum atomic E-state index is -1.90. The van der Waals surface area contributed by atoms with Crippen molar-refractivity contribution in [1.29, 1.82) is 0 Å². The average molecular weight is 269 g/mol. The fourth-order valence-electron chi connectivity index (χ4n) is 2.26. The molecular formula is C20H20. The zero-order valence-corrected chi connectivity index (χ0v) is 11.4. The van der Waals surface area contributed by atoms with E-state index in [1.807, 2.05) is 0 Å². The topological polar surface area (TPSA) is 0 Å². The van der Waals surface area contributed by atoms with Crippen LogP contribution < -0.4 is 0 Å². The first-order valence-electron chi connectivity index (χ1n) is 10.9.